The molecule has 0 aliphatic carbocycles. The van der Waals surface area contributed by atoms with Gasteiger partial charge in [0, 0.05) is 26.2 Å². The van der Waals surface area contributed by atoms with Crippen LogP contribution in [0.4, 0.5) is 4.79 Å². The number of nitrogens with zero attached hydrogens (tertiary/aromatic N) is 2. The molecular weight excluding hydrogens is 392 g/mol. The summed E-state index contributed by atoms with van der Waals surface area (Å²) in [5.74, 6) is 2.25. The highest BCUT2D eigenvalue weighted by Gasteiger charge is 2.32. The second-order valence-corrected chi connectivity index (χ2v) is 10.1. The lowest BCUT2D eigenvalue weighted by Gasteiger charge is -2.39. The molecule has 0 bridgehead atoms. The summed E-state index contributed by atoms with van der Waals surface area (Å²) in [6.45, 7) is 10.4. The summed E-state index contributed by atoms with van der Waals surface area (Å²) < 4.78 is 10.8. The molecule has 1 aromatic carbocycles. The first-order chi connectivity index (χ1) is 14.8. The van der Waals surface area contributed by atoms with E-state index in [4.69, 9.17) is 9.47 Å². The third-order valence-electron chi connectivity index (χ3n) is 6.76. The molecule has 1 amide bonds. The molecule has 31 heavy (non-hydrogen) atoms. The number of methoxy groups -OCH3 is 1. The summed E-state index contributed by atoms with van der Waals surface area (Å²) in [5.41, 5.74) is 0.938. The Labute approximate surface area is 187 Å². The Kier molecular flexibility index (Phi) is 8.23. The van der Waals surface area contributed by atoms with Crippen LogP contribution >= 0.6 is 0 Å². The molecule has 0 aromatic heterocycles. The van der Waals surface area contributed by atoms with Gasteiger partial charge in [-0.1, -0.05) is 12.1 Å². The first-order valence-corrected chi connectivity index (χ1v) is 11.7. The monoisotopic (exact) mass is 432 g/mol. The van der Waals surface area contributed by atoms with Gasteiger partial charge in [0.05, 0.1) is 7.11 Å². The third-order valence-corrected chi connectivity index (χ3v) is 6.76. The minimum Gasteiger partial charge on any atom is -0.497 e. The molecule has 1 aromatic rings. The summed E-state index contributed by atoms with van der Waals surface area (Å²) in [5, 5.41) is 10.1. The Morgan fingerprint density at radius 3 is 2.19 bits per heavy atom. The number of piperidine rings is 2. The standard InChI is InChI=1S/C25H40N2O4/c1-25(2,3)31-24(29)27-15-11-21(12-16-27)22(18-28)17-26-13-9-20(10-14-26)19-5-7-23(30-4)8-6-19/h5-8,20-22,28H,9-18H2,1-4H3. The van der Waals surface area contributed by atoms with Crippen molar-refractivity contribution >= 4 is 6.09 Å². The van der Waals surface area contributed by atoms with Crippen LogP contribution in [0.3, 0.4) is 0 Å². The van der Waals surface area contributed by atoms with Crippen molar-refractivity contribution < 1.29 is 19.4 Å². The SMILES string of the molecule is COc1ccc(C2CCN(CC(CO)C3CCN(C(=O)OC(C)(C)C)CC3)CC2)cc1. The Morgan fingerprint density at radius 1 is 1.06 bits per heavy atom. The van der Waals surface area contributed by atoms with E-state index in [0.717, 1.165) is 64.2 Å². The average molecular weight is 433 g/mol. The van der Waals surface area contributed by atoms with E-state index in [1.54, 1.807) is 7.11 Å². The smallest absolute Gasteiger partial charge is 0.410 e. The molecule has 2 saturated heterocycles. The van der Waals surface area contributed by atoms with E-state index in [2.05, 4.69) is 17.0 Å². The lowest BCUT2D eigenvalue weighted by molar-refractivity contribution is 0.0116. The number of aliphatic hydroxyl groups is 1. The van der Waals surface area contributed by atoms with E-state index in [0.29, 0.717) is 11.8 Å². The molecule has 2 heterocycles. The van der Waals surface area contributed by atoms with Crippen LogP contribution in [0.15, 0.2) is 24.3 Å². The van der Waals surface area contributed by atoms with Crippen LogP contribution < -0.4 is 4.74 Å². The van der Waals surface area contributed by atoms with Gasteiger partial charge in [-0.05, 0) is 95.0 Å². The van der Waals surface area contributed by atoms with Crippen LogP contribution in [-0.4, -0.2) is 73.0 Å². The average Bonchev–Trinajstić information content (AvgIpc) is 2.77. The van der Waals surface area contributed by atoms with Crippen molar-refractivity contribution in [2.75, 3.05) is 46.4 Å². The van der Waals surface area contributed by atoms with E-state index in [1.807, 2.05) is 37.8 Å². The van der Waals surface area contributed by atoms with E-state index in [-0.39, 0.29) is 18.6 Å². The lowest BCUT2D eigenvalue weighted by atomic mass is 9.83. The summed E-state index contributed by atoms with van der Waals surface area (Å²) in [6, 6.07) is 8.47. The third kappa shape index (κ3) is 6.84. The van der Waals surface area contributed by atoms with Crippen molar-refractivity contribution in [1.82, 2.24) is 9.80 Å². The molecule has 2 aliphatic rings. The molecule has 1 atom stereocenters. The van der Waals surface area contributed by atoms with E-state index in [1.165, 1.54) is 5.56 Å². The summed E-state index contributed by atoms with van der Waals surface area (Å²) in [6.07, 6.45) is 3.97. The van der Waals surface area contributed by atoms with Crippen LogP contribution in [0.1, 0.15) is 57.9 Å². The molecule has 1 unspecified atom stereocenters. The van der Waals surface area contributed by atoms with Gasteiger partial charge < -0.3 is 24.4 Å². The first-order valence-electron chi connectivity index (χ1n) is 11.7. The normalized spacial score (nSPS) is 20.5. The van der Waals surface area contributed by atoms with Gasteiger partial charge in [0.1, 0.15) is 11.4 Å². The zero-order valence-corrected chi connectivity index (χ0v) is 19.7. The number of carbonyl (C=O) groups excluding carboxylic acids is 1. The summed E-state index contributed by atoms with van der Waals surface area (Å²) in [4.78, 5) is 16.6. The predicted molar refractivity (Wildman–Crippen MR) is 123 cm³/mol. The zero-order chi connectivity index (χ0) is 22.4. The van der Waals surface area contributed by atoms with Gasteiger partial charge in [-0.25, -0.2) is 4.79 Å². The van der Waals surface area contributed by atoms with Gasteiger partial charge in [-0.3, -0.25) is 0 Å². The highest BCUT2D eigenvalue weighted by Crippen LogP contribution is 2.31. The second kappa shape index (κ2) is 10.7. The van der Waals surface area contributed by atoms with Crippen molar-refractivity contribution in [3.05, 3.63) is 29.8 Å². The van der Waals surface area contributed by atoms with Crippen LogP contribution in [0.2, 0.25) is 0 Å². The molecular formula is C25H40N2O4. The quantitative estimate of drug-likeness (QED) is 0.732. The summed E-state index contributed by atoms with van der Waals surface area (Å²) >= 11 is 0. The van der Waals surface area contributed by atoms with E-state index in [9.17, 15) is 9.90 Å². The minimum absolute atomic E-state index is 0.216. The zero-order valence-electron chi connectivity index (χ0n) is 19.7. The van der Waals surface area contributed by atoms with Gasteiger partial charge in [-0.15, -0.1) is 0 Å². The van der Waals surface area contributed by atoms with Gasteiger partial charge in [0.15, 0.2) is 0 Å². The van der Waals surface area contributed by atoms with Crippen molar-refractivity contribution in [3.63, 3.8) is 0 Å². The predicted octanol–water partition coefficient (Wildman–Crippen LogP) is 4.13. The van der Waals surface area contributed by atoms with E-state index >= 15 is 0 Å². The van der Waals surface area contributed by atoms with Crippen LogP contribution in [0, 0.1) is 11.8 Å². The summed E-state index contributed by atoms with van der Waals surface area (Å²) in [7, 11) is 1.70. The molecule has 2 aliphatic heterocycles. The number of rotatable bonds is 6. The van der Waals surface area contributed by atoms with Crippen molar-refractivity contribution in [2.24, 2.45) is 11.8 Å². The molecule has 1 N–H and O–H groups in total. The Hall–Kier alpha value is -1.79. The molecule has 0 saturated carbocycles. The molecule has 0 spiro atoms. The maximum Gasteiger partial charge on any atom is 0.410 e. The topological polar surface area (TPSA) is 62.2 Å². The maximum atomic E-state index is 12.3. The Morgan fingerprint density at radius 2 is 1.68 bits per heavy atom. The van der Waals surface area contributed by atoms with Crippen LogP contribution in [0.25, 0.3) is 0 Å². The van der Waals surface area contributed by atoms with Crippen molar-refractivity contribution in [1.29, 1.82) is 0 Å². The molecule has 6 nitrogen and oxygen atoms in total. The second-order valence-electron chi connectivity index (χ2n) is 10.1. The fourth-order valence-electron chi connectivity index (χ4n) is 4.89. The molecule has 174 valence electrons. The molecule has 0 radical (unpaired) electrons. The van der Waals surface area contributed by atoms with Gasteiger partial charge in [0.25, 0.3) is 0 Å². The van der Waals surface area contributed by atoms with Crippen molar-refractivity contribution in [3.8, 4) is 5.75 Å². The van der Waals surface area contributed by atoms with Gasteiger partial charge >= 0.3 is 6.09 Å². The number of aliphatic hydroxyl groups excluding tert-OH is 1. The highest BCUT2D eigenvalue weighted by molar-refractivity contribution is 5.68. The number of carbonyl (C=O) groups is 1. The highest BCUT2D eigenvalue weighted by atomic mass is 16.6. The number of hydrogen-bond donors (Lipinski definition) is 1. The lowest BCUT2D eigenvalue weighted by Crippen LogP contribution is -2.45. The van der Waals surface area contributed by atoms with E-state index < -0.39 is 5.60 Å². The number of benzene rings is 1. The minimum atomic E-state index is -0.459. The Balaban J connectivity index is 1.44. The Bertz CT molecular complexity index is 684. The largest absolute Gasteiger partial charge is 0.497 e. The van der Waals surface area contributed by atoms with Crippen LogP contribution in [0.5, 0.6) is 5.75 Å². The number of amides is 1. The number of likely N-dealkylation sites (tertiary alicyclic amines) is 2. The molecule has 2 fully saturated rings. The maximum absolute atomic E-state index is 12.3. The fraction of sp³-hybridized carbons (Fsp3) is 0.720. The van der Waals surface area contributed by atoms with Gasteiger partial charge in [-0.2, -0.15) is 0 Å². The number of ether oxygens (including phenoxy) is 2. The molecule has 6 heteroatoms. The number of hydrogen-bond acceptors (Lipinski definition) is 5. The molecule has 3 rings (SSSR count). The van der Waals surface area contributed by atoms with Crippen molar-refractivity contribution in [2.45, 2.75) is 58.0 Å². The van der Waals surface area contributed by atoms with Gasteiger partial charge in [0.2, 0.25) is 0 Å². The first kappa shape index (κ1) is 23.9. The van der Waals surface area contributed by atoms with Crippen LogP contribution in [-0.2, 0) is 4.74 Å². The fourth-order valence-corrected chi connectivity index (χ4v) is 4.89.